The lowest BCUT2D eigenvalue weighted by molar-refractivity contribution is -0.115. The molecule has 0 bridgehead atoms. The van der Waals surface area contributed by atoms with Crippen LogP contribution in [0, 0.1) is 6.92 Å². The Morgan fingerprint density at radius 3 is 3.00 bits per heavy atom. The third-order valence-corrected chi connectivity index (χ3v) is 4.57. The quantitative estimate of drug-likeness (QED) is 0.622. The second-order valence-electron chi connectivity index (χ2n) is 5.50. The van der Waals surface area contributed by atoms with E-state index in [0.29, 0.717) is 30.4 Å². The highest BCUT2D eigenvalue weighted by Crippen LogP contribution is 2.24. The number of aromatic nitrogens is 3. The average Bonchev–Trinajstić information content (AvgIpc) is 3.16. The smallest absolute Gasteiger partial charge is 0.226 e. The molecule has 0 atom stereocenters. The van der Waals surface area contributed by atoms with Crippen LogP contribution < -0.4 is 5.32 Å². The first kappa shape index (κ1) is 17.5. The fourth-order valence-electron chi connectivity index (χ4n) is 2.43. The SMILES string of the molecule is COCCn1c(SCCC(=O)Nc2cc(C)on2)nc2ccccc21. The number of aryl methyl sites for hydroxylation is 1. The number of carbonyl (C=O) groups is 1. The van der Waals surface area contributed by atoms with E-state index in [-0.39, 0.29) is 5.91 Å². The Morgan fingerprint density at radius 1 is 1.40 bits per heavy atom. The number of para-hydroxylation sites is 2. The van der Waals surface area contributed by atoms with Crippen LogP contribution in [0.1, 0.15) is 12.2 Å². The molecule has 0 radical (unpaired) electrons. The molecule has 2 aromatic heterocycles. The molecule has 0 aliphatic carbocycles. The fourth-order valence-corrected chi connectivity index (χ4v) is 3.41. The van der Waals surface area contributed by atoms with Crippen LogP contribution >= 0.6 is 11.8 Å². The molecule has 3 rings (SSSR count). The number of nitrogens with one attached hydrogen (secondary N) is 1. The minimum absolute atomic E-state index is 0.0969. The Labute approximate surface area is 149 Å². The van der Waals surface area contributed by atoms with Gasteiger partial charge >= 0.3 is 0 Å². The third-order valence-electron chi connectivity index (χ3n) is 3.59. The lowest BCUT2D eigenvalue weighted by atomic mass is 10.3. The Kier molecular flexibility index (Phi) is 5.72. The van der Waals surface area contributed by atoms with E-state index in [0.717, 1.165) is 22.7 Å². The monoisotopic (exact) mass is 360 g/mol. The molecule has 2 heterocycles. The number of carbonyl (C=O) groups excluding carboxylic acids is 1. The molecule has 8 heteroatoms. The second kappa shape index (κ2) is 8.17. The number of fused-ring (bicyclic) bond motifs is 1. The van der Waals surface area contributed by atoms with Gasteiger partial charge in [0.15, 0.2) is 11.0 Å². The molecule has 0 aliphatic heterocycles. The molecule has 132 valence electrons. The van der Waals surface area contributed by atoms with Crippen LogP contribution in [-0.4, -0.2) is 40.1 Å². The standard InChI is InChI=1S/C17H20N4O3S/c1-12-11-15(20-24-12)19-16(22)7-10-25-17-18-13-5-3-4-6-14(13)21(17)8-9-23-2/h3-6,11H,7-10H2,1-2H3,(H,19,20,22). The molecule has 1 amide bonds. The van der Waals surface area contributed by atoms with Gasteiger partial charge in [-0.25, -0.2) is 4.98 Å². The zero-order chi connectivity index (χ0) is 17.6. The molecule has 0 spiro atoms. The number of amides is 1. The first-order chi connectivity index (χ1) is 12.2. The summed E-state index contributed by atoms with van der Waals surface area (Å²) in [6.07, 6.45) is 0.365. The molecular formula is C17H20N4O3S. The number of thioether (sulfide) groups is 1. The van der Waals surface area contributed by atoms with Crippen molar-refractivity contribution >= 4 is 34.5 Å². The maximum atomic E-state index is 12.0. The zero-order valence-corrected chi connectivity index (χ0v) is 15.0. The minimum atomic E-state index is -0.0969. The van der Waals surface area contributed by atoms with Crippen LogP contribution in [0.15, 0.2) is 40.0 Å². The summed E-state index contributed by atoms with van der Waals surface area (Å²) in [7, 11) is 1.68. The van der Waals surface area contributed by atoms with Crippen molar-refractivity contribution in [2.24, 2.45) is 0 Å². The molecule has 1 aromatic carbocycles. The van der Waals surface area contributed by atoms with Gasteiger partial charge in [0.1, 0.15) is 5.76 Å². The van der Waals surface area contributed by atoms with Gasteiger partial charge in [-0.15, -0.1) is 0 Å². The second-order valence-corrected chi connectivity index (χ2v) is 6.56. The van der Waals surface area contributed by atoms with Crippen LogP contribution in [0.2, 0.25) is 0 Å². The predicted molar refractivity (Wildman–Crippen MR) is 96.8 cm³/mol. The normalized spacial score (nSPS) is 11.1. The highest BCUT2D eigenvalue weighted by Gasteiger charge is 2.12. The number of hydrogen-bond acceptors (Lipinski definition) is 6. The van der Waals surface area contributed by atoms with E-state index in [1.165, 1.54) is 0 Å². The lowest BCUT2D eigenvalue weighted by Crippen LogP contribution is -2.12. The number of benzene rings is 1. The summed E-state index contributed by atoms with van der Waals surface area (Å²) in [5, 5.41) is 7.37. The van der Waals surface area contributed by atoms with Gasteiger partial charge in [0.25, 0.3) is 0 Å². The van der Waals surface area contributed by atoms with Gasteiger partial charge in [0, 0.05) is 31.9 Å². The summed E-state index contributed by atoms with van der Waals surface area (Å²) in [6.45, 7) is 3.12. The van der Waals surface area contributed by atoms with Crippen LogP contribution in [0.4, 0.5) is 5.82 Å². The van der Waals surface area contributed by atoms with Crippen molar-refractivity contribution in [1.82, 2.24) is 14.7 Å². The lowest BCUT2D eigenvalue weighted by Gasteiger charge is -2.08. The molecule has 0 saturated heterocycles. The number of methoxy groups -OCH3 is 1. The van der Waals surface area contributed by atoms with Crippen molar-refractivity contribution < 1.29 is 14.1 Å². The highest BCUT2D eigenvalue weighted by molar-refractivity contribution is 7.99. The van der Waals surface area contributed by atoms with Crippen LogP contribution in [0.5, 0.6) is 0 Å². The number of rotatable bonds is 8. The summed E-state index contributed by atoms with van der Waals surface area (Å²) in [5.41, 5.74) is 2.02. The van der Waals surface area contributed by atoms with Gasteiger partial charge in [-0.1, -0.05) is 29.1 Å². The summed E-state index contributed by atoms with van der Waals surface area (Å²) in [6, 6.07) is 9.69. The summed E-state index contributed by atoms with van der Waals surface area (Å²) < 4.78 is 12.3. The molecule has 1 N–H and O–H groups in total. The Morgan fingerprint density at radius 2 is 2.24 bits per heavy atom. The van der Waals surface area contributed by atoms with Crippen LogP contribution in [-0.2, 0) is 16.1 Å². The predicted octanol–water partition coefficient (Wildman–Crippen LogP) is 3.10. The minimum Gasteiger partial charge on any atom is -0.383 e. The van der Waals surface area contributed by atoms with Crippen molar-refractivity contribution in [3.63, 3.8) is 0 Å². The number of anilines is 1. The summed E-state index contributed by atoms with van der Waals surface area (Å²) >= 11 is 1.56. The molecule has 0 aliphatic rings. The maximum absolute atomic E-state index is 12.0. The van der Waals surface area contributed by atoms with Crippen molar-refractivity contribution in [1.29, 1.82) is 0 Å². The summed E-state index contributed by atoms with van der Waals surface area (Å²) in [5.74, 6) is 1.63. The first-order valence-electron chi connectivity index (χ1n) is 7.97. The molecule has 25 heavy (non-hydrogen) atoms. The van der Waals surface area contributed by atoms with Gasteiger partial charge < -0.3 is 19.1 Å². The first-order valence-corrected chi connectivity index (χ1v) is 8.96. The number of ether oxygens (including phenoxy) is 1. The Bertz CT molecular complexity index is 859. The average molecular weight is 360 g/mol. The topological polar surface area (TPSA) is 82.2 Å². The van der Waals surface area contributed by atoms with Crippen LogP contribution in [0.25, 0.3) is 11.0 Å². The van der Waals surface area contributed by atoms with Crippen LogP contribution in [0.3, 0.4) is 0 Å². The highest BCUT2D eigenvalue weighted by atomic mass is 32.2. The van der Waals surface area contributed by atoms with E-state index in [2.05, 4.69) is 20.0 Å². The van der Waals surface area contributed by atoms with E-state index < -0.39 is 0 Å². The van der Waals surface area contributed by atoms with E-state index >= 15 is 0 Å². The van der Waals surface area contributed by atoms with E-state index in [1.54, 1.807) is 31.9 Å². The van der Waals surface area contributed by atoms with Crippen molar-refractivity contribution in [2.45, 2.75) is 25.0 Å². The molecular weight excluding hydrogens is 340 g/mol. The van der Waals surface area contributed by atoms with Gasteiger partial charge in [-0.05, 0) is 19.1 Å². The maximum Gasteiger partial charge on any atom is 0.226 e. The fraction of sp³-hybridized carbons (Fsp3) is 0.353. The van der Waals surface area contributed by atoms with E-state index in [1.807, 2.05) is 24.3 Å². The van der Waals surface area contributed by atoms with Crippen molar-refractivity contribution in [3.8, 4) is 0 Å². The van der Waals surface area contributed by atoms with Crippen molar-refractivity contribution in [2.75, 3.05) is 24.8 Å². The molecule has 0 unspecified atom stereocenters. The number of imidazole rings is 1. The number of hydrogen-bond donors (Lipinski definition) is 1. The van der Waals surface area contributed by atoms with E-state index in [4.69, 9.17) is 9.26 Å². The van der Waals surface area contributed by atoms with Gasteiger partial charge in [-0.3, -0.25) is 4.79 Å². The summed E-state index contributed by atoms with van der Waals surface area (Å²) in [4.78, 5) is 16.6. The molecule has 3 aromatic rings. The largest absolute Gasteiger partial charge is 0.383 e. The molecule has 0 fully saturated rings. The zero-order valence-electron chi connectivity index (χ0n) is 14.2. The van der Waals surface area contributed by atoms with Crippen molar-refractivity contribution in [3.05, 3.63) is 36.1 Å². The molecule has 0 saturated carbocycles. The van der Waals surface area contributed by atoms with E-state index in [9.17, 15) is 4.79 Å². The molecule has 7 nitrogen and oxygen atoms in total. The number of nitrogens with zero attached hydrogens (tertiary/aromatic N) is 3. The van der Waals surface area contributed by atoms with Gasteiger partial charge in [0.05, 0.1) is 17.6 Å². The Hall–Kier alpha value is -2.32. The Balaban J connectivity index is 1.61. The van der Waals surface area contributed by atoms with Gasteiger partial charge in [0.2, 0.25) is 5.91 Å². The van der Waals surface area contributed by atoms with Gasteiger partial charge in [-0.2, -0.15) is 0 Å². The third kappa shape index (κ3) is 4.40.